The van der Waals surface area contributed by atoms with E-state index in [1.807, 2.05) is 13.0 Å². The third-order valence-corrected chi connectivity index (χ3v) is 4.96. The van der Waals surface area contributed by atoms with Crippen LogP contribution in [0.5, 0.6) is 0 Å². The SMILES string of the molecule is CCC(CC)(CBr)CN(C)Cc1cccc(C)n1. The maximum absolute atomic E-state index is 4.57. The zero-order valence-corrected chi connectivity index (χ0v) is 13.6. The van der Waals surface area contributed by atoms with Gasteiger partial charge in [-0.2, -0.15) is 0 Å². The summed E-state index contributed by atoms with van der Waals surface area (Å²) >= 11 is 3.68. The van der Waals surface area contributed by atoms with Gasteiger partial charge in [-0.05, 0) is 44.4 Å². The number of nitrogens with zero attached hydrogens (tertiary/aromatic N) is 2. The highest BCUT2D eigenvalue weighted by Crippen LogP contribution is 2.29. The molecule has 1 aromatic rings. The van der Waals surface area contributed by atoms with Crippen LogP contribution in [0.3, 0.4) is 0 Å². The first-order valence-electron chi connectivity index (χ1n) is 6.72. The van der Waals surface area contributed by atoms with Crippen molar-refractivity contribution < 1.29 is 0 Å². The molecular weight excluding hydrogens is 288 g/mol. The molecule has 3 heteroatoms. The van der Waals surface area contributed by atoms with Crippen molar-refractivity contribution in [2.75, 3.05) is 18.9 Å². The van der Waals surface area contributed by atoms with E-state index in [-0.39, 0.29) is 0 Å². The molecule has 0 unspecified atom stereocenters. The Morgan fingerprint density at radius 1 is 1.28 bits per heavy atom. The number of alkyl halides is 1. The predicted octanol–water partition coefficient (Wildman–Crippen LogP) is 4.02. The standard InChI is InChI=1S/C15H25BrN2/c1-5-15(6-2,11-16)12-18(4)10-14-9-7-8-13(3)17-14/h7-9H,5-6,10-12H2,1-4H3. The molecule has 0 aliphatic heterocycles. The van der Waals surface area contributed by atoms with Crippen molar-refractivity contribution in [1.82, 2.24) is 9.88 Å². The summed E-state index contributed by atoms with van der Waals surface area (Å²) in [6.45, 7) is 8.65. The van der Waals surface area contributed by atoms with Crippen LogP contribution < -0.4 is 0 Å². The van der Waals surface area contributed by atoms with Gasteiger partial charge in [0.05, 0.1) is 5.69 Å². The second kappa shape index (κ2) is 7.25. The summed E-state index contributed by atoms with van der Waals surface area (Å²) in [5, 5.41) is 1.07. The fourth-order valence-corrected chi connectivity index (χ4v) is 3.27. The molecular formula is C15H25BrN2. The number of rotatable bonds is 7. The third kappa shape index (κ3) is 4.36. The second-order valence-electron chi connectivity index (χ2n) is 5.28. The van der Waals surface area contributed by atoms with Crippen molar-refractivity contribution >= 4 is 15.9 Å². The lowest BCUT2D eigenvalue weighted by Gasteiger charge is -2.34. The predicted molar refractivity (Wildman–Crippen MR) is 82.1 cm³/mol. The van der Waals surface area contributed by atoms with E-state index < -0.39 is 0 Å². The average molecular weight is 313 g/mol. The van der Waals surface area contributed by atoms with Crippen LogP contribution in [0.4, 0.5) is 0 Å². The summed E-state index contributed by atoms with van der Waals surface area (Å²) in [7, 11) is 2.19. The maximum Gasteiger partial charge on any atom is 0.0547 e. The van der Waals surface area contributed by atoms with E-state index >= 15 is 0 Å². The smallest absolute Gasteiger partial charge is 0.0547 e. The van der Waals surface area contributed by atoms with Crippen molar-refractivity contribution in [3.05, 3.63) is 29.6 Å². The molecule has 0 saturated carbocycles. The van der Waals surface area contributed by atoms with Gasteiger partial charge in [-0.1, -0.05) is 35.8 Å². The molecule has 0 aliphatic carbocycles. The normalized spacial score (nSPS) is 12.1. The summed E-state index contributed by atoms with van der Waals surface area (Å²) < 4.78 is 0. The molecule has 0 N–H and O–H groups in total. The Morgan fingerprint density at radius 3 is 2.44 bits per heavy atom. The molecule has 0 aromatic carbocycles. The monoisotopic (exact) mass is 312 g/mol. The number of pyridine rings is 1. The topological polar surface area (TPSA) is 16.1 Å². The summed E-state index contributed by atoms with van der Waals surface area (Å²) in [6.07, 6.45) is 2.42. The van der Waals surface area contributed by atoms with Crippen LogP contribution in [-0.2, 0) is 6.54 Å². The Balaban J connectivity index is 2.63. The van der Waals surface area contributed by atoms with Crippen molar-refractivity contribution in [3.8, 4) is 0 Å². The minimum Gasteiger partial charge on any atom is -0.300 e. The zero-order valence-electron chi connectivity index (χ0n) is 12.0. The van der Waals surface area contributed by atoms with Gasteiger partial charge in [-0.15, -0.1) is 0 Å². The van der Waals surface area contributed by atoms with Gasteiger partial charge < -0.3 is 0 Å². The number of hydrogen-bond acceptors (Lipinski definition) is 2. The second-order valence-corrected chi connectivity index (χ2v) is 5.84. The first-order chi connectivity index (χ1) is 8.55. The number of hydrogen-bond donors (Lipinski definition) is 0. The molecule has 0 bridgehead atoms. The van der Waals surface area contributed by atoms with E-state index in [4.69, 9.17) is 0 Å². The minimum absolute atomic E-state index is 0.387. The fraction of sp³-hybridized carbons (Fsp3) is 0.667. The fourth-order valence-electron chi connectivity index (χ4n) is 2.30. The van der Waals surface area contributed by atoms with Gasteiger partial charge in [-0.3, -0.25) is 9.88 Å². The lowest BCUT2D eigenvalue weighted by atomic mass is 9.84. The van der Waals surface area contributed by atoms with Gasteiger partial charge in [-0.25, -0.2) is 0 Å². The molecule has 0 fully saturated rings. The summed E-state index contributed by atoms with van der Waals surface area (Å²) in [6, 6.07) is 6.24. The van der Waals surface area contributed by atoms with Crippen LogP contribution in [0.2, 0.25) is 0 Å². The number of halogens is 1. The van der Waals surface area contributed by atoms with Crippen LogP contribution in [0.15, 0.2) is 18.2 Å². The zero-order chi connectivity index (χ0) is 13.6. The molecule has 1 aromatic heterocycles. The number of aryl methyl sites for hydroxylation is 1. The summed E-state index contributed by atoms with van der Waals surface area (Å²) in [5.41, 5.74) is 2.64. The molecule has 0 aliphatic rings. The first kappa shape index (κ1) is 15.6. The van der Waals surface area contributed by atoms with Gasteiger partial charge in [0, 0.05) is 24.1 Å². The molecule has 1 heterocycles. The van der Waals surface area contributed by atoms with Crippen LogP contribution in [0, 0.1) is 12.3 Å². The van der Waals surface area contributed by atoms with Crippen LogP contribution in [0.25, 0.3) is 0 Å². The van der Waals surface area contributed by atoms with Gasteiger partial charge >= 0.3 is 0 Å². The average Bonchev–Trinajstić information content (AvgIpc) is 2.36. The highest BCUT2D eigenvalue weighted by Gasteiger charge is 2.26. The molecule has 0 spiro atoms. The van der Waals surface area contributed by atoms with E-state index in [1.54, 1.807) is 0 Å². The highest BCUT2D eigenvalue weighted by atomic mass is 79.9. The third-order valence-electron chi connectivity index (χ3n) is 3.77. The highest BCUT2D eigenvalue weighted by molar-refractivity contribution is 9.09. The Hall–Kier alpha value is -0.410. The first-order valence-corrected chi connectivity index (χ1v) is 7.84. The Labute approximate surface area is 120 Å². The lowest BCUT2D eigenvalue weighted by Crippen LogP contribution is -2.36. The van der Waals surface area contributed by atoms with Gasteiger partial charge in [0.2, 0.25) is 0 Å². The van der Waals surface area contributed by atoms with Gasteiger partial charge in [0.25, 0.3) is 0 Å². The minimum atomic E-state index is 0.387. The van der Waals surface area contributed by atoms with E-state index in [1.165, 1.54) is 12.8 Å². The molecule has 0 atom stereocenters. The molecule has 2 nitrogen and oxygen atoms in total. The Bertz CT molecular complexity index is 353. The largest absolute Gasteiger partial charge is 0.300 e. The van der Waals surface area contributed by atoms with Gasteiger partial charge in [0.15, 0.2) is 0 Å². The Kier molecular flexibility index (Phi) is 6.30. The molecule has 18 heavy (non-hydrogen) atoms. The molecule has 102 valence electrons. The molecule has 0 amide bonds. The maximum atomic E-state index is 4.57. The molecule has 0 radical (unpaired) electrons. The summed E-state index contributed by atoms with van der Waals surface area (Å²) in [4.78, 5) is 6.95. The van der Waals surface area contributed by atoms with Crippen molar-refractivity contribution in [2.24, 2.45) is 5.41 Å². The van der Waals surface area contributed by atoms with E-state index in [2.05, 4.69) is 58.8 Å². The van der Waals surface area contributed by atoms with E-state index in [9.17, 15) is 0 Å². The van der Waals surface area contributed by atoms with E-state index in [0.717, 1.165) is 29.8 Å². The van der Waals surface area contributed by atoms with Crippen molar-refractivity contribution in [2.45, 2.75) is 40.2 Å². The quantitative estimate of drug-likeness (QED) is 0.707. The molecule has 1 rings (SSSR count). The van der Waals surface area contributed by atoms with Crippen LogP contribution >= 0.6 is 15.9 Å². The number of aromatic nitrogens is 1. The van der Waals surface area contributed by atoms with E-state index in [0.29, 0.717) is 5.41 Å². The lowest BCUT2D eigenvalue weighted by molar-refractivity contribution is 0.178. The van der Waals surface area contributed by atoms with Crippen molar-refractivity contribution in [1.29, 1.82) is 0 Å². The molecule has 0 saturated heterocycles. The Morgan fingerprint density at radius 2 is 1.94 bits per heavy atom. The van der Waals surface area contributed by atoms with Crippen LogP contribution in [0.1, 0.15) is 38.1 Å². The van der Waals surface area contributed by atoms with Crippen molar-refractivity contribution in [3.63, 3.8) is 0 Å². The summed E-state index contributed by atoms with van der Waals surface area (Å²) in [5.74, 6) is 0. The van der Waals surface area contributed by atoms with Crippen LogP contribution in [-0.4, -0.2) is 28.8 Å². The van der Waals surface area contributed by atoms with Gasteiger partial charge in [0.1, 0.15) is 0 Å².